The molecule has 4 heteroatoms. The lowest BCUT2D eigenvalue weighted by molar-refractivity contribution is 0.272. The third kappa shape index (κ3) is 4.16. The van der Waals surface area contributed by atoms with Gasteiger partial charge in [-0.25, -0.2) is 0 Å². The third-order valence-electron chi connectivity index (χ3n) is 1.99. The second kappa shape index (κ2) is 6.06. The molecule has 11 heavy (non-hydrogen) atoms. The van der Waals surface area contributed by atoms with Gasteiger partial charge in [-0.2, -0.15) is 0 Å². The largest absolute Gasteiger partial charge is 0.326 e. The average Bonchev–Trinajstić information content (AvgIpc) is 2.14. The number of nitrogens with zero attached hydrogens (tertiary/aromatic N) is 1. The minimum absolute atomic E-state index is 0. The van der Waals surface area contributed by atoms with Crippen molar-refractivity contribution in [2.24, 2.45) is 5.73 Å². The average molecular weight is 201 g/mol. The molecule has 70 valence electrons. The van der Waals surface area contributed by atoms with E-state index in [0.29, 0.717) is 12.1 Å². The van der Waals surface area contributed by atoms with E-state index in [-0.39, 0.29) is 24.8 Å². The maximum Gasteiger partial charge on any atom is 0.0180 e. The van der Waals surface area contributed by atoms with Gasteiger partial charge >= 0.3 is 0 Å². The third-order valence-corrected chi connectivity index (χ3v) is 1.99. The molecule has 1 fully saturated rings. The summed E-state index contributed by atoms with van der Waals surface area (Å²) < 4.78 is 0. The van der Waals surface area contributed by atoms with Crippen molar-refractivity contribution in [2.75, 3.05) is 13.1 Å². The van der Waals surface area contributed by atoms with Crippen molar-refractivity contribution in [3.05, 3.63) is 0 Å². The molecule has 2 nitrogen and oxygen atoms in total. The summed E-state index contributed by atoms with van der Waals surface area (Å²) in [5.41, 5.74) is 5.72. The monoisotopic (exact) mass is 200 g/mol. The van der Waals surface area contributed by atoms with E-state index in [1.165, 1.54) is 13.0 Å². The Labute approximate surface area is 81.3 Å². The van der Waals surface area contributed by atoms with Crippen molar-refractivity contribution in [1.29, 1.82) is 0 Å². The summed E-state index contributed by atoms with van der Waals surface area (Å²) in [5.74, 6) is 0. The van der Waals surface area contributed by atoms with Crippen molar-refractivity contribution in [2.45, 2.75) is 32.4 Å². The van der Waals surface area contributed by atoms with Crippen LogP contribution in [0.2, 0.25) is 0 Å². The van der Waals surface area contributed by atoms with E-state index < -0.39 is 0 Å². The summed E-state index contributed by atoms with van der Waals surface area (Å²) in [6, 6.07) is 1.12. The molecule has 0 saturated carbocycles. The smallest absolute Gasteiger partial charge is 0.0180 e. The summed E-state index contributed by atoms with van der Waals surface area (Å²) in [5, 5.41) is 0. The van der Waals surface area contributed by atoms with Crippen LogP contribution in [-0.4, -0.2) is 30.1 Å². The van der Waals surface area contributed by atoms with Gasteiger partial charge in [0.2, 0.25) is 0 Å². The van der Waals surface area contributed by atoms with Crippen molar-refractivity contribution >= 4 is 24.8 Å². The van der Waals surface area contributed by atoms with E-state index in [1.807, 2.05) is 0 Å². The predicted molar refractivity (Wildman–Crippen MR) is 53.8 cm³/mol. The van der Waals surface area contributed by atoms with Gasteiger partial charge in [-0.3, -0.25) is 4.90 Å². The zero-order valence-corrected chi connectivity index (χ0v) is 8.75. The fourth-order valence-corrected chi connectivity index (χ4v) is 1.28. The van der Waals surface area contributed by atoms with Crippen molar-refractivity contribution < 1.29 is 0 Å². The van der Waals surface area contributed by atoms with Crippen LogP contribution in [0, 0.1) is 0 Å². The van der Waals surface area contributed by atoms with Gasteiger partial charge in [0, 0.05) is 18.6 Å². The minimum Gasteiger partial charge on any atom is -0.326 e. The zero-order valence-electron chi connectivity index (χ0n) is 7.12. The molecule has 1 heterocycles. The first-order valence-corrected chi connectivity index (χ1v) is 3.70. The summed E-state index contributed by atoms with van der Waals surface area (Å²) >= 11 is 0. The Morgan fingerprint density at radius 2 is 1.91 bits per heavy atom. The van der Waals surface area contributed by atoms with Crippen LogP contribution in [-0.2, 0) is 0 Å². The molecule has 0 bridgehead atoms. The van der Waals surface area contributed by atoms with Crippen LogP contribution in [0.5, 0.6) is 0 Å². The molecule has 0 aromatic rings. The number of nitrogens with two attached hydrogens (primary N) is 1. The molecule has 1 unspecified atom stereocenters. The minimum atomic E-state index is 0. The molecule has 0 aliphatic carbocycles. The topological polar surface area (TPSA) is 29.3 Å². The van der Waals surface area contributed by atoms with Crippen LogP contribution >= 0.6 is 24.8 Å². The highest BCUT2D eigenvalue weighted by atomic mass is 35.5. The number of hydrogen-bond acceptors (Lipinski definition) is 2. The summed E-state index contributed by atoms with van der Waals surface area (Å²) in [6.45, 7) is 6.73. The lowest BCUT2D eigenvalue weighted by atomic mass is 10.3. The maximum atomic E-state index is 5.72. The molecule has 1 atom stereocenters. The molecule has 0 aromatic carbocycles. The highest BCUT2D eigenvalue weighted by Crippen LogP contribution is 2.09. The van der Waals surface area contributed by atoms with E-state index in [9.17, 15) is 0 Å². The van der Waals surface area contributed by atoms with Crippen LogP contribution in [0.1, 0.15) is 20.3 Å². The Hall–Kier alpha value is 0.500. The SMILES string of the molecule is CC(C)N1CCC(N)C1.Cl.Cl. The summed E-state index contributed by atoms with van der Waals surface area (Å²) in [7, 11) is 0. The van der Waals surface area contributed by atoms with Crippen LogP contribution in [0.25, 0.3) is 0 Å². The van der Waals surface area contributed by atoms with E-state index in [0.717, 1.165) is 6.54 Å². The molecule has 1 saturated heterocycles. The Bertz CT molecular complexity index is 98.4. The molecular weight excluding hydrogens is 183 g/mol. The lowest BCUT2D eigenvalue weighted by Gasteiger charge is -2.19. The highest BCUT2D eigenvalue weighted by Gasteiger charge is 2.20. The molecule has 0 spiro atoms. The molecule has 0 radical (unpaired) electrons. The van der Waals surface area contributed by atoms with Crippen LogP contribution in [0.3, 0.4) is 0 Å². The van der Waals surface area contributed by atoms with Gasteiger partial charge in [0.1, 0.15) is 0 Å². The number of likely N-dealkylation sites (tertiary alicyclic amines) is 1. The van der Waals surface area contributed by atoms with Crippen molar-refractivity contribution in [1.82, 2.24) is 4.90 Å². The fraction of sp³-hybridized carbons (Fsp3) is 1.00. The molecule has 0 amide bonds. The Morgan fingerprint density at radius 1 is 1.36 bits per heavy atom. The van der Waals surface area contributed by atoms with Crippen LogP contribution in [0.4, 0.5) is 0 Å². The lowest BCUT2D eigenvalue weighted by Crippen LogP contribution is -2.31. The van der Waals surface area contributed by atoms with Crippen molar-refractivity contribution in [3.63, 3.8) is 0 Å². The Kier molecular flexibility index (Phi) is 7.75. The van der Waals surface area contributed by atoms with E-state index in [4.69, 9.17) is 5.73 Å². The molecule has 1 aliphatic heterocycles. The van der Waals surface area contributed by atoms with Gasteiger partial charge < -0.3 is 5.73 Å². The molecule has 1 aliphatic rings. The highest BCUT2D eigenvalue weighted by molar-refractivity contribution is 5.85. The van der Waals surface area contributed by atoms with Crippen LogP contribution in [0.15, 0.2) is 0 Å². The molecule has 2 N–H and O–H groups in total. The first kappa shape index (κ1) is 14.0. The summed E-state index contributed by atoms with van der Waals surface area (Å²) in [4.78, 5) is 2.42. The Balaban J connectivity index is 0. The summed E-state index contributed by atoms with van der Waals surface area (Å²) in [6.07, 6.45) is 1.18. The zero-order chi connectivity index (χ0) is 6.85. The quantitative estimate of drug-likeness (QED) is 0.692. The first-order chi connectivity index (χ1) is 4.20. The van der Waals surface area contributed by atoms with E-state index in [1.54, 1.807) is 0 Å². The van der Waals surface area contributed by atoms with Gasteiger partial charge in [0.15, 0.2) is 0 Å². The first-order valence-electron chi connectivity index (χ1n) is 3.70. The normalized spacial score (nSPS) is 24.5. The molecular formula is C7H18Cl2N2. The Morgan fingerprint density at radius 3 is 2.09 bits per heavy atom. The van der Waals surface area contributed by atoms with Gasteiger partial charge in [-0.1, -0.05) is 0 Å². The van der Waals surface area contributed by atoms with Crippen LogP contribution < -0.4 is 5.73 Å². The number of halogens is 2. The van der Waals surface area contributed by atoms with Gasteiger partial charge in [0.25, 0.3) is 0 Å². The van der Waals surface area contributed by atoms with Crippen molar-refractivity contribution in [3.8, 4) is 0 Å². The number of hydrogen-bond donors (Lipinski definition) is 1. The second-order valence-corrected chi connectivity index (χ2v) is 3.14. The molecule has 0 aromatic heterocycles. The fourth-order valence-electron chi connectivity index (χ4n) is 1.28. The van der Waals surface area contributed by atoms with E-state index >= 15 is 0 Å². The molecule has 1 rings (SSSR count). The van der Waals surface area contributed by atoms with Gasteiger partial charge in [-0.15, -0.1) is 24.8 Å². The number of rotatable bonds is 1. The van der Waals surface area contributed by atoms with Gasteiger partial charge in [0.05, 0.1) is 0 Å². The second-order valence-electron chi connectivity index (χ2n) is 3.14. The van der Waals surface area contributed by atoms with Gasteiger partial charge in [-0.05, 0) is 26.8 Å². The predicted octanol–water partition coefficient (Wildman–Crippen LogP) is 1.27. The standard InChI is InChI=1S/C7H16N2.2ClH/c1-6(2)9-4-3-7(8)5-9;;/h6-7H,3-5,8H2,1-2H3;2*1H. The maximum absolute atomic E-state index is 5.72. The van der Waals surface area contributed by atoms with E-state index in [2.05, 4.69) is 18.7 Å².